The summed E-state index contributed by atoms with van der Waals surface area (Å²) in [5, 5.41) is 2.74. The first kappa shape index (κ1) is 39.2. The molecular weight excluding hydrogens is 737 g/mol. The Morgan fingerprint density at radius 3 is 2.12 bits per heavy atom. The molecule has 14 heteroatoms. The predicted molar refractivity (Wildman–Crippen MR) is 217 cm³/mol. The van der Waals surface area contributed by atoms with E-state index in [1.54, 1.807) is 0 Å². The van der Waals surface area contributed by atoms with Gasteiger partial charge in [-0.3, -0.25) is 9.59 Å². The number of benzene rings is 2. The van der Waals surface area contributed by atoms with Crippen molar-refractivity contribution in [1.29, 1.82) is 0 Å². The number of carbonyl (C=O) groups excluding carboxylic acids is 3. The molecule has 2 aliphatic heterocycles. The minimum Gasteiger partial charge on any atom is -0.453 e. The lowest BCUT2D eigenvalue weighted by Crippen LogP contribution is -2.51. The molecule has 2 saturated heterocycles. The number of likely N-dealkylation sites (tertiary alicyclic amines) is 2. The normalized spacial score (nSPS) is 21.2. The molecule has 2 aromatic heterocycles. The van der Waals surface area contributed by atoms with Gasteiger partial charge in [-0.25, -0.2) is 19.8 Å². The van der Waals surface area contributed by atoms with E-state index in [4.69, 9.17) is 19.6 Å². The lowest BCUT2D eigenvalue weighted by atomic mass is 10.0. The Balaban J connectivity index is 0.956. The number of aliphatic imine (C=N–C) groups is 1. The molecule has 0 radical (unpaired) electrons. The van der Waals surface area contributed by atoms with Crippen molar-refractivity contribution in [3.8, 4) is 23.1 Å². The van der Waals surface area contributed by atoms with E-state index >= 15 is 0 Å². The van der Waals surface area contributed by atoms with Crippen LogP contribution in [0.3, 0.4) is 0 Å². The van der Waals surface area contributed by atoms with Crippen molar-refractivity contribution in [2.45, 2.75) is 90.4 Å². The molecular formula is C44H52N8O6. The standard InChI is InChI=1S/C44H52N8O6/c1-26(2)36(46-25-58-57-6)40(53)52-24-44(17-18-44)21-35(52)39-47-31-14-11-29(19-32(31)48-39)8-7-28-9-12-30(13-10-28)33-22-45-38(49-33)34-20-43(15-16-43)23-51(34)41(54)37(27(3)4)50-42(55)56-5/h9-14,19,22,25-27,34-37H,15-18,20-21,23-24H2,1-6H3,(H,45,49)(H,47,48)(H,50,55)/b46-25+/t34-,35-,36-,37-/m0/s1. The first-order valence-corrected chi connectivity index (χ1v) is 20.2. The van der Waals surface area contributed by atoms with E-state index in [1.807, 2.05) is 86.2 Å². The van der Waals surface area contributed by atoms with E-state index in [0.29, 0.717) is 13.1 Å². The Morgan fingerprint density at radius 1 is 0.862 bits per heavy atom. The first-order chi connectivity index (χ1) is 27.9. The van der Waals surface area contributed by atoms with E-state index in [1.165, 1.54) is 20.6 Å². The number of hydrogen-bond donors (Lipinski definition) is 3. The highest BCUT2D eigenvalue weighted by molar-refractivity contribution is 5.87. The van der Waals surface area contributed by atoms with Crippen LogP contribution in [0.5, 0.6) is 0 Å². The summed E-state index contributed by atoms with van der Waals surface area (Å²) >= 11 is 0. The summed E-state index contributed by atoms with van der Waals surface area (Å²) in [6, 6.07) is 12.3. The van der Waals surface area contributed by atoms with E-state index in [0.717, 1.165) is 83.6 Å². The minimum atomic E-state index is -0.688. The molecule has 2 aromatic carbocycles. The van der Waals surface area contributed by atoms with Gasteiger partial charge in [-0.2, -0.15) is 4.89 Å². The molecule has 4 fully saturated rings. The number of carbonyl (C=O) groups is 3. The Labute approximate surface area is 338 Å². The second kappa shape index (κ2) is 15.6. The van der Waals surface area contributed by atoms with Crippen molar-refractivity contribution in [2.24, 2.45) is 27.7 Å². The fourth-order valence-electron chi connectivity index (χ4n) is 8.63. The van der Waals surface area contributed by atoms with Crippen LogP contribution in [-0.2, 0) is 24.1 Å². The van der Waals surface area contributed by atoms with Gasteiger partial charge >= 0.3 is 6.09 Å². The summed E-state index contributed by atoms with van der Waals surface area (Å²) in [5.74, 6) is 7.84. The van der Waals surface area contributed by atoms with Gasteiger partial charge in [-0.15, -0.1) is 0 Å². The third kappa shape index (κ3) is 7.92. The average molecular weight is 789 g/mol. The smallest absolute Gasteiger partial charge is 0.407 e. The van der Waals surface area contributed by atoms with Gasteiger partial charge in [0.2, 0.25) is 18.2 Å². The SMILES string of the molecule is COO/C=N/[C@H](C(=O)N1CC2(CC2)C[C@H]1c1nc2cc(C#Cc3ccc(-c4c[nH]c([C@@H]5CC6(CC6)CN5C(=O)[C@@H](NC(=O)OC)C(C)C)n4)cc3)ccc2[nH]1)C(C)C. The largest absolute Gasteiger partial charge is 0.453 e. The van der Waals surface area contributed by atoms with Crippen LogP contribution in [0.1, 0.15) is 101 Å². The molecule has 4 atom stereocenters. The maximum absolute atomic E-state index is 13.9. The number of methoxy groups -OCH3 is 1. The topological polar surface area (TPSA) is 167 Å². The quantitative estimate of drug-likeness (QED) is 0.0511. The average Bonchev–Trinajstić information content (AvgIpc) is 3.83. The molecule has 4 aliphatic rings. The van der Waals surface area contributed by atoms with Gasteiger partial charge < -0.3 is 34.7 Å². The summed E-state index contributed by atoms with van der Waals surface area (Å²) in [5.41, 5.74) is 5.39. The molecule has 0 unspecified atom stereocenters. The van der Waals surface area contributed by atoms with E-state index in [-0.39, 0.29) is 46.6 Å². The molecule has 4 aromatic rings. The third-order valence-electron chi connectivity index (χ3n) is 12.4. The number of fused-ring (bicyclic) bond motifs is 1. The fourth-order valence-corrected chi connectivity index (χ4v) is 8.63. The van der Waals surface area contributed by atoms with Gasteiger partial charge in [-0.05, 0) is 91.5 Å². The first-order valence-electron chi connectivity index (χ1n) is 20.2. The number of nitrogens with zero attached hydrogens (tertiary/aromatic N) is 5. The summed E-state index contributed by atoms with van der Waals surface area (Å²) < 4.78 is 4.81. The van der Waals surface area contributed by atoms with Crippen molar-refractivity contribution in [1.82, 2.24) is 35.1 Å². The number of alkyl carbamates (subject to hydrolysis) is 1. The third-order valence-corrected chi connectivity index (χ3v) is 12.4. The number of H-pyrrole nitrogens is 2. The summed E-state index contributed by atoms with van der Waals surface area (Å²) in [6.07, 6.45) is 8.57. The second-order valence-corrected chi connectivity index (χ2v) is 17.3. The summed E-state index contributed by atoms with van der Waals surface area (Å²) in [7, 11) is 2.70. The number of imidazole rings is 2. The molecule has 14 nitrogen and oxygen atoms in total. The van der Waals surface area contributed by atoms with Gasteiger partial charge in [0.15, 0.2) is 0 Å². The molecule has 2 saturated carbocycles. The van der Waals surface area contributed by atoms with Crippen molar-refractivity contribution in [3.05, 3.63) is 71.4 Å². The van der Waals surface area contributed by atoms with E-state index in [9.17, 15) is 14.4 Å². The number of rotatable bonds is 11. The number of aromatic amines is 2. The maximum Gasteiger partial charge on any atom is 0.407 e. The number of amides is 3. The number of ether oxygens (including phenoxy) is 1. The highest BCUT2D eigenvalue weighted by Crippen LogP contribution is 2.59. The number of hydrogen-bond acceptors (Lipinski definition) is 9. The molecule has 4 heterocycles. The number of nitrogens with one attached hydrogen (secondary N) is 3. The van der Waals surface area contributed by atoms with Crippen LogP contribution in [0.2, 0.25) is 0 Å². The second-order valence-electron chi connectivity index (χ2n) is 17.3. The van der Waals surface area contributed by atoms with Crippen molar-refractivity contribution >= 4 is 35.3 Å². The Hall–Kier alpha value is -5.68. The van der Waals surface area contributed by atoms with Crippen molar-refractivity contribution in [3.63, 3.8) is 0 Å². The van der Waals surface area contributed by atoms with Crippen LogP contribution >= 0.6 is 0 Å². The van der Waals surface area contributed by atoms with E-state index < -0.39 is 18.2 Å². The van der Waals surface area contributed by atoms with Crippen LogP contribution in [0.25, 0.3) is 22.3 Å². The Bertz CT molecular complexity index is 2270. The van der Waals surface area contributed by atoms with Crippen molar-refractivity contribution < 1.29 is 28.9 Å². The molecule has 8 rings (SSSR count). The van der Waals surface area contributed by atoms with Crippen molar-refractivity contribution in [2.75, 3.05) is 27.3 Å². The van der Waals surface area contributed by atoms with Crippen LogP contribution < -0.4 is 5.32 Å². The maximum atomic E-state index is 13.9. The zero-order valence-corrected chi connectivity index (χ0v) is 34.0. The molecule has 2 spiro atoms. The van der Waals surface area contributed by atoms with Crippen LogP contribution in [0.4, 0.5) is 4.79 Å². The van der Waals surface area contributed by atoms with Crippen LogP contribution in [0, 0.1) is 34.5 Å². The molecule has 58 heavy (non-hydrogen) atoms. The lowest BCUT2D eigenvalue weighted by molar-refractivity contribution is -0.188. The van der Waals surface area contributed by atoms with Gasteiger partial charge in [0, 0.05) is 36.0 Å². The predicted octanol–water partition coefficient (Wildman–Crippen LogP) is 6.47. The van der Waals surface area contributed by atoms with E-state index in [2.05, 4.69) is 37.0 Å². The highest BCUT2D eigenvalue weighted by Gasteiger charge is 2.56. The molecule has 3 amide bonds. The zero-order valence-electron chi connectivity index (χ0n) is 34.0. The molecule has 3 N–H and O–H groups in total. The lowest BCUT2D eigenvalue weighted by Gasteiger charge is -2.30. The van der Waals surface area contributed by atoms with Gasteiger partial charge in [0.1, 0.15) is 23.7 Å². The fraction of sp³-hybridized carbons (Fsp3) is 0.500. The molecule has 0 bridgehead atoms. The van der Waals surface area contributed by atoms with Gasteiger partial charge in [-0.1, -0.05) is 51.7 Å². The number of aromatic nitrogens is 4. The summed E-state index contributed by atoms with van der Waals surface area (Å²) in [6.45, 7) is 9.16. The summed E-state index contributed by atoms with van der Waals surface area (Å²) in [4.78, 5) is 74.3. The Kier molecular flexibility index (Phi) is 10.5. The highest BCUT2D eigenvalue weighted by atomic mass is 17.2. The van der Waals surface area contributed by atoms with Gasteiger partial charge in [0.05, 0.1) is 43.0 Å². The molecule has 304 valence electrons. The van der Waals surface area contributed by atoms with Crippen LogP contribution in [-0.4, -0.2) is 93.4 Å². The van der Waals surface area contributed by atoms with Crippen LogP contribution in [0.15, 0.2) is 53.7 Å². The molecule has 2 aliphatic carbocycles. The monoisotopic (exact) mass is 788 g/mol. The minimum absolute atomic E-state index is 0.0175. The van der Waals surface area contributed by atoms with Gasteiger partial charge in [0.25, 0.3) is 0 Å². The zero-order chi connectivity index (χ0) is 40.8. The Morgan fingerprint density at radius 2 is 1.50 bits per heavy atom.